The lowest BCUT2D eigenvalue weighted by atomic mass is 10.2. The van der Waals surface area contributed by atoms with Gasteiger partial charge in [-0.15, -0.1) is 0 Å². The molecular weight excluding hydrogens is 244 g/mol. The van der Waals surface area contributed by atoms with E-state index in [-0.39, 0.29) is 0 Å². The smallest absolute Gasteiger partial charge is 0.322 e. The van der Waals surface area contributed by atoms with Crippen molar-refractivity contribution < 1.29 is 14.3 Å². The van der Waals surface area contributed by atoms with Gasteiger partial charge in [0.2, 0.25) is 0 Å². The summed E-state index contributed by atoms with van der Waals surface area (Å²) in [6.45, 7) is 0.356. The molecule has 0 fully saturated rings. The molecule has 0 spiro atoms. The molecule has 0 saturated heterocycles. The first-order chi connectivity index (χ1) is 9.20. The number of hydrogen-bond acceptors (Lipinski definition) is 5. The van der Waals surface area contributed by atoms with E-state index in [0.29, 0.717) is 18.8 Å². The highest BCUT2D eigenvalue weighted by molar-refractivity contribution is 5.79. The second kappa shape index (κ2) is 6.15. The van der Waals surface area contributed by atoms with Gasteiger partial charge in [0.15, 0.2) is 0 Å². The van der Waals surface area contributed by atoms with Crippen molar-refractivity contribution in [3.05, 3.63) is 36.5 Å². The number of pyridine rings is 1. The van der Waals surface area contributed by atoms with Gasteiger partial charge in [-0.1, -0.05) is 6.07 Å². The van der Waals surface area contributed by atoms with Gasteiger partial charge < -0.3 is 15.2 Å². The second-order valence-electron chi connectivity index (χ2n) is 4.12. The number of carbonyl (C=O) groups excluding carboxylic acids is 1. The molecule has 1 atom stereocenters. The first kappa shape index (κ1) is 13.3. The molecule has 19 heavy (non-hydrogen) atoms. The van der Waals surface area contributed by atoms with Gasteiger partial charge in [-0.05, 0) is 18.2 Å². The van der Waals surface area contributed by atoms with Crippen molar-refractivity contribution in [3.8, 4) is 5.75 Å². The van der Waals surface area contributed by atoms with Gasteiger partial charge in [-0.25, -0.2) is 0 Å². The Morgan fingerprint density at radius 2 is 2.26 bits per heavy atom. The first-order valence-corrected chi connectivity index (χ1v) is 6.01. The lowest BCUT2D eigenvalue weighted by Crippen LogP contribution is -2.33. The Bertz CT molecular complexity index is 571. The van der Waals surface area contributed by atoms with Crippen molar-refractivity contribution in [2.45, 2.75) is 12.5 Å². The van der Waals surface area contributed by atoms with E-state index in [1.807, 2.05) is 30.3 Å². The highest BCUT2D eigenvalue weighted by Gasteiger charge is 2.13. The molecule has 2 rings (SSSR count). The summed E-state index contributed by atoms with van der Waals surface area (Å²) in [4.78, 5) is 15.4. The minimum Gasteiger partial charge on any atom is -0.493 e. The summed E-state index contributed by atoms with van der Waals surface area (Å²) in [6, 6.07) is 8.89. The van der Waals surface area contributed by atoms with E-state index in [1.165, 1.54) is 7.11 Å². The van der Waals surface area contributed by atoms with Crippen molar-refractivity contribution in [1.29, 1.82) is 0 Å². The summed E-state index contributed by atoms with van der Waals surface area (Å²) in [5, 5.41) is 1.06. The van der Waals surface area contributed by atoms with Crippen LogP contribution in [0.5, 0.6) is 5.75 Å². The van der Waals surface area contributed by atoms with E-state index >= 15 is 0 Å². The van der Waals surface area contributed by atoms with E-state index in [1.54, 1.807) is 6.20 Å². The minimum atomic E-state index is -0.649. The highest BCUT2D eigenvalue weighted by Crippen LogP contribution is 2.18. The number of fused-ring (bicyclic) bond motifs is 1. The minimum absolute atomic E-state index is 0.356. The van der Waals surface area contributed by atoms with Gasteiger partial charge >= 0.3 is 5.97 Å². The number of hydrogen-bond donors (Lipinski definition) is 1. The number of rotatable bonds is 5. The summed E-state index contributed by atoms with van der Waals surface area (Å²) >= 11 is 0. The molecule has 2 aromatic rings. The highest BCUT2D eigenvalue weighted by atomic mass is 16.5. The van der Waals surface area contributed by atoms with Crippen LogP contribution in [0.4, 0.5) is 0 Å². The molecular formula is C14H16N2O3. The predicted molar refractivity (Wildman–Crippen MR) is 71.8 cm³/mol. The largest absolute Gasteiger partial charge is 0.493 e. The van der Waals surface area contributed by atoms with Crippen LogP contribution >= 0.6 is 0 Å². The van der Waals surface area contributed by atoms with Crippen LogP contribution in [0.25, 0.3) is 10.9 Å². The van der Waals surface area contributed by atoms with Gasteiger partial charge in [0.05, 0.1) is 19.2 Å². The van der Waals surface area contributed by atoms with Gasteiger partial charge in [0.25, 0.3) is 0 Å². The standard InChI is InChI=1S/C14H16N2O3/c1-18-14(17)12(15)6-8-19-11-5-4-10-3-2-7-16-13(10)9-11/h2-5,7,9,12H,6,8,15H2,1H3. The zero-order valence-corrected chi connectivity index (χ0v) is 10.7. The average Bonchev–Trinajstić information content (AvgIpc) is 2.46. The third-order valence-electron chi connectivity index (χ3n) is 2.78. The van der Waals surface area contributed by atoms with E-state index in [9.17, 15) is 4.79 Å². The lowest BCUT2D eigenvalue weighted by molar-refractivity contribution is -0.142. The van der Waals surface area contributed by atoms with E-state index in [0.717, 1.165) is 10.9 Å². The Labute approximate surface area is 111 Å². The van der Waals surface area contributed by atoms with Crippen LogP contribution in [0.3, 0.4) is 0 Å². The maximum absolute atomic E-state index is 11.1. The molecule has 0 aliphatic carbocycles. The number of aromatic nitrogens is 1. The fraction of sp³-hybridized carbons (Fsp3) is 0.286. The molecule has 0 bridgehead atoms. The molecule has 0 radical (unpaired) electrons. The van der Waals surface area contributed by atoms with E-state index in [2.05, 4.69) is 9.72 Å². The SMILES string of the molecule is COC(=O)C(N)CCOc1ccc2cccnc2c1. The summed E-state index contributed by atoms with van der Waals surface area (Å²) in [6.07, 6.45) is 2.15. The molecule has 1 aromatic heterocycles. The maximum Gasteiger partial charge on any atom is 0.322 e. The lowest BCUT2D eigenvalue weighted by Gasteiger charge is -2.10. The van der Waals surface area contributed by atoms with Crippen LogP contribution in [-0.2, 0) is 9.53 Å². The van der Waals surface area contributed by atoms with Crippen LogP contribution in [-0.4, -0.2) is 30.7 Å². The first-order valence-electron chi connectivity index (χ1n) is 6.01. The third kappa shape index (κ3) is 3.42. The zero-order valence-electron chi connectivity index (χ0n) is 10.7. The van der Waals surface area contributed by atoms with Crippen LogP contribution in [0.15, 0.2) is 36.5 Å². The number of nitrogens with two attached hydrogens (primary N) is 1. The molecule has 2 N–H and O–H groups in total. The summed E-state index contributed by atoms with van der Waals surface area (Å²) in [7, 11) is 1.32. The number of esters is 1. The van der Waals surface area contributed by atoms with Crippen molar-refractivity contribution in [1.82, 2.24) is 4.98 Å². The molecule has 5 heteroatoms. The van der Waals surface area contributed by atoms with Crippen LogP contribution < -0.4 is 10.5 Å². The van der Waals surface area contributed by atoms with Crippen molar-refractivity contribution >= 4 is 16.9 Å². The quantitative estimate of drug-likeness (QED) is 0.825. The van der Waals surface area contributed by atoms with E-state index < -0.39 is 12.0 Å². The third-order valence-corrected chi connectivity index (χ3v) is 2.78. The molecule has 1 aromatic carbocycles. The van der Waals surface area contributed by atoms with Gasteiger partial charge in [0.1, 0.15) is 11.8 Å². The number of nitrogens with zero attached hydrogens (tertiary/aromatic N) is 1. The number of ether oxygens (including phenoxy) is 2. The van der Waals surface area contributed by atoms with Crippen LogP contribution in [0.1, 0.15) is 6.42 Å². The summed E-state index contributed by atoms with van der Waals surface area (Å²) in [5.41, 5.74) is 6.49. The Hall–Kier alpha value is -2.14. The topological polar surface area (TPSA) is 74.4 Å². The van der Waals surface area contributed by atoms with Gasteiger partial charge in [0, 0.05) is 24.1 Å². The number of carbonyl (C=O) groups is 1. The second-order valence-corrected chi connectivity index (χ2v) is 4.12. The maximum atomic E-state index is 11.1. The molecule has 0 amide bonds. The fourth-order valence-corrected chi connectivity index (χ4v) is 1.71. The Morgan fingerprint density at radius 3 is 3.05 bits per heavy atom. The molecule has 100 valence electrons. The number of methoxy groups -OCH3 is 1. The molecule has 5 nitrogen and oxygen atoms in total. The van der Waals surface area contributed by atoms with Crippen molar-refractivity contribution in [3.63, 3.8) is 0 Å². The van der Waals surface area contributed by atoms with Crippen molar-refractivity contribution in [2.24, 2.45) is 5.73 Å². The number of benzene rings is 1. The molecule has 0 aliphatic heterocycles. The van der Waals surface area contributed by atoms with Crippen LogP contribution in [0, 0.1) is 0 Å². The predicted octanol–water partition coefficient (Wildman–Crippen LogP) is 1.50. The van der Waals surface area contributed by atoms with Crippen molar-refractivity contribution in [2.75, 3.05) is 13.7 Å². The molecule has 0 saturated carbocycles. The van der Waals surface area contributed by atoms with Crippen LogP contribution in [0.2, 0.25) is 0 Å². The average molecular weight is 260 g/mol. The van der Waals surface area contributed by atoms with E-state index in [4.69, 9.17) is 10.5 Å². The molecule has 1 heterocycles. The van der Waals surface area contributed by atoms with Gasteiger partial charge in [-0.3, -0.25) is 9.78 Å². The Kier molecular flexibility index (Phi) is 4.30. The van der Waals surface area contributed by atoms with Gasteiger partial charge in [-0.2, -0.15) is 0 Å². The summed E-state index contributed by atoms with van der Waals surface area (Å²) in [5.74, 6) is 0.284. The Morgan fingerprint density at radius 1 is 1.42 bits per heavy atom. The molecule has 0 aliphatic rings. The monoisotopic (exact) mass is 260 g/mol. The summed E-state index contributed by atoms with van der Waals surface area (Å²) < 4.78 is 10.1. The zero-order chi connectivity index (χ0) is 13.7. The molecule has 1 unspecified atom stereocenters. The Balaban J connectivity index is 1.93. The fourth-order valence-electron chi connectivity index (χ4n) is 1.71. The normalized spacial score (nSPS) is 12.1.